The molecule has 1 fully saturated rings. The number of aromatic amines is 1. The number of aromatic nitrogens is 3. The molecule has 1 aliphatic carbocycles. The summed E-state index contributed by atoms with van der Waals surface area (Å²) < 4.78 is 0.800. The standard InChI is InChI=1S/C10H10IN3O/c11-8-9-7(12-14-13-9)4-6(10(8)15)3-5-1-2-5/h4-5,15H,1-3H2,(H,12,13,14). The van der Waals surface area contributed by atoms with Crippen LogP contribution in [0.4, 0.5) is 0 Å². The first-order valence-corrected chi connectivity index (χ1v) is 6.04. The van der Waals surface area contributed by atoms with Gasteiger partial charge in [0.15, 0.2) is 0 Å². The molecule has 0 atom stereocenters. The Labute approximate surface area is 100 Å². The summed E-state index contributed by atoms with van der Waals surface area (Å²) in [7, 11) is 0. The summed E-state index contributed by atoms with van der Waals surface area (Å²) in [5, 5.41) is 20.7. The lowest BCUT2D eigenvalue weighted by atomic mass is 10.1. The van der Waals surface area contributed by atoms with Crippen LogP contribution in [0.5, 0.6) is 5.75 Å². The minimum Gasteiger partial charge on any atom is -0.506 e. The average Bonchev–Trinajstić information content (AvgIpc) is 2.90. The molecule has 0 bridgehead atoms. The molecule has 1 heterocycles. The van der Waals surface area contributed by atoms with Crippen LogP contribution in [0.1, 0.15) is 18.4 Å². The molecule has 1 aromatic heterocycles. The van der Waals surface area contributed by atoms with Crippen LogP contribution in [0.3, 0.4) is 0 Å². The molecule has 78 valence electrons. The number of H-pyrrole nitrogens is 1. The summed E-state index contributed by atoms with van der Waals surface area (Å²) in [6.07, 6.45) is 3.53. The third-order valence-electron chi connectivity index (χ3n) is 2.81. The zero-order valence-corrected chi connectivity index (χ0v) is 10.2. The molecule has 5 heteroatoms. The first-order chi connectivity index (χ1) is 7.25. The van der Waals surface area contributed by atoms with Crippen LogP contribution in [0, 0.1) is 9.49 Å². The number of hydrogen-bond acceptors (Lipinski definition) is 3. The van der Waals surface area contributed by atoms with Crippen molar-refractivity contribution in [1.29, 1.82) is 0 Å². The van der Waals surface area contributed by atoms with Gasteiger partial charge >= 0.3 is 0 Å². The van der Waals surface area contributed by atoms with Crippen LogP contribution < -0.4 is 0 Å². The van der Waals surface area contributed by atoms with E-state index in [0.717, 1.165) is 32.5 Å². The predicted octanol–water partition coefficient (Wildman–Crippen LogP) is 2.22. The van der Waals surface area contributed by atoms with Crippen molar-refractivity contribution in [2.75, 3.05) is 0 Å². The van der Waals surface area contributed by atoms with Crippen LogP contribution in [0.2, 0.25) is 0 Å². The first kappa shape index (κ1) is 9.38. The van der Waals surface area contributed by atoms with Crippen LogP contribution in [0.15, 0.2) is 6.07 Å². The Morgan fingerprint density at radius 2 is 2.27 bits per heavy atom. The van der Waals surface area contributed by atoms with E-state index in [1.54, 1.807) is 0 Å². The van der Waals surface area contributed by atoms with E-state index in [1.807, 2.05) is 6.07 Å². The second kappa shape index (κ2) is 3.33. The number of halogens is 1. The topological polar surface area (TPSA) is 61.8 Å². The molecule has 0 spiro atoms. The van der Waals surface area contributed by atoms with E-state index in [1.165, 1.54) is 12.8 Å². The third-order valence-corrected chi connectivity index (χ3v) is 3.83. The molecule has 2 aromatic rings. The van der Waals surface area contributed by atoms with E-state index in [4.69, 9.17) is 0 Å². The maximum absolute atomic E-state index is 10.0. The van der Waals surface area contributed by atoms with Crippen LogP contribution >= 0.6 is 22.6 Å². The first-order valence-electron chi connectivity index (χ1n) is 4.96. The summed E-state index contributed by atoms with van der Waals surface area (Å²) in [6, 6.07) is 1.94. The maximum atomic E-state index is 10.0. The smallest absolute Gasteiger partial charge is 0.134 e. The molecule has 1 aromatic carbocycles. The molecule has 0 saturated heterocycles. The number of phenols is 1. The van der Waals surface area contributed by atoms with Gasteiger partial charge in [0.25, 0.3) is 0 Å². The van der Waals surface area contributed by atoms with Crippen LogP contribution in [-0.2, 0) is 6.42 Å². The number of nitrogens with zero attached hydrogens (tertiary/aromatic N) is 2. The number of fused-ring (bicyclic) bond motifs is 1. The second-order valence-corrected chi connectivity index (χ2v) is 5.12. The highest BCUT2D eigenvalue weighted by Gasteiger charge is 2.24. The molecule has 15 heavy (non-hydrogen) atoms. The number of benzene rings is 1. The largest absolute Gasteiger partial charge is 0.506 e. The number of rotatable bonds is 2. The van der Waals surface area contributed by atoms with Gasteiger partial charge in [-0.2, -0.15) is 15.4 Å². The van der Waals surface area contributed by atoms with Crippen LogP contribution in [-0.4, -0.2) is 20.5 Å². The van der Waals surface area contributed by atoms with E-state index >= 15 is 0 Å². The van der Waals surface area contributed by atoms with Crippen molar-refractivity contribution in [3.05, 3.63) is 15.2 Å². The summed E-state index contributed by atoms with van der Waals surface area (Å²) in [5.41, 5.74) is 2.60. The van der Waals surface area contributed by atoms with Crippen LogP contribution in [0.25, 0.3) is 11.0 Å². The molecule has 2 N–H and O–H groups in total. The Hall–Kier alpha value is -0.850. The minimum absolute atomic E-state index is 0.379. The quantitative estimate of drug-likeness (QED) is 0.836. The Morgan fingerprint density at radius 1 is 1.47 bits per heavy atom. The molecule has 0 amide bonds. The molecule has 1 aliphatic rings. The van der Waals surface area contributed by atoms with Crippen molar-refractivity contribution in [3.8, 4) is 5.75 Å². The summed E-state index contributed by atoms with van der Waals surface area (Å²) in [6.45, 7) is 0. The van der Waals surface area contributed by atoms with Gasteiger partial charge in [-0.05, 0) is 59.4 Å². The molecule has 1 saturated carbocycles. The van der Waals surface area contributed by atoms with Crippen molar-refractivity contribution in [2.45, 2.75) is 19.3 Å². The fourth-order valence-corrected chi connectivity index (χ4v) is 2.52. The van der Waals surface area contributed by atoms with Gasteiger partial charge in [0.1, 0.15) is 16.8 Å². The predicted molar refractivity (Wildman–Crippen MR) is 64.7 cm³/mol. The zero-order valence-electron chi connectivity index (χ0n) is 8.00. The van der Waals surface area contributed by atoms with Gasteiger partial charge in [-0.1, -0.05) is 0 Å². The van der Waals surface area contributed by atoms with E-state index in [0.29, 0.717) is 5.75 Å². The molecule has 0 radical (unpaired) electrons. The monoisotopic (exact) mass is 315 g/mol. The van der Waals surface area contributed by atoms with Gasteiger partial charge in [-0.25, -0.2) is 0 Å². The molecular weight excluding hydrogens is 305 g/mol. The molecule has 0 aliphatic heterocycles. The minimum atomic E-state index is 0.379. The van der Waals surface area contributed by atoms with E-state index in [2.05, 4.69) is 38.0 Å². The normalized spacial score (nSPS) is 16.1. The second-order valence-electron chi connectivity index (χ2n) is 4.04. The molecular formula is C10H10IN3O. The fourth-order valence-electron chi connectivity index (χ4n) is 1.78. The van der Waals surface area contributed by atoms with Crippen molar-refractivity contribution in [3.63, 3.8) is 0 Å². The van der Waals surface area contributed by atoms with Gasteiger partial charge < -0.3 is 5.11 Å². The molecule has 0 unspecified atom stereocenters. The lowest BCUT2D eigenvalue weighted by Crippen LogP contribution is -1.91. The number of nitrogens with one attached hydrogen (secondary N) is 1. The highest BCUT2D eigenvalue weighted by Crippen LogP contribution is 2.38. The van der Waals surface area contributed by atoms with Gasteiger partial charge in [-0.15, -0.1) is 0 Å². The lowest BCUT2D eigenvalue weighted by Gasteiger charge is -2.05. The Balaban J connectivity index is 2.15. The third kappa shape index (κ3) is 1.58. The molecule has 3 rings (SSSR count). The summed E-state index contributed by atoms with van der Waals surface area (Å²) in [4.78, 5) is 0. The van der Waals surface area contributed by atoms with Crippen molar-refractivity contribution >= 4 is 33.6 Å². The average molecular weight is 315 g/mol. The number of hydrogen-bond donors (Lipinski definition) is 2. The fraction of sp³-hybridized carbons (Fsp3) is 0.400. The van der Waals surface area contributed by atoms with E-state index in [9.17, 15) is 5.11 Å². The number of aromatic hydroxyl groups is 1. The van der Waals surface area contributed by atoms with Gasteiger partial charge in [0.05, 0.1) is 3.57 Å². The Bertz CT molecular complexity index is 519. The highest BCUT2D eigenvalue weighted by atomic mass is 127. The van der Waals surface area contributed by atoms with Crippen molar-refractivity contribution < 1.29 is 5.11 Å². The van der Waals surface area contributed by atoms with E-state index in [-0.39, 0.29) is 0 Å². The Kier molecular flexibility index (Phi) is 2.08. The summed E-state index contributed by atoms with van der Waals surface area (Å²) in [5.74, 6) is 1.14. The zero-order chi connectivity index (χ0) is 10.4. The van der Waals surface area contributed by atoms with Gasteiger partial charge in [0.2, 0.25) is 0 Å². The van der Waals surface area contributed by atoms with Gasteiger partial charge in [0, 0.05) is 0 Å². The maximum Gasteiger partial charge on any atom is 0.134 e. The lowest BCUT2D eigenvalue weighted by molar-refractivity contribution is 0.463. The summed E-state index contributed by atoms with van der Waals surface area (Å²) >= 11 is 2.12. The van der Waals surface area contributed by atoms with Crippen molar-refractivity contribution in [2.24, 2.45) is 5.92 Å². The number of phenolic OH excluding ortho intramolecular Hbond substituents is 1. The SMILES string of the molecule is Oc1c(CC2CC2)cc2n[nH]nc2c1I. The van der Waals surface area contributed by atoms with Crippen molar-refractivity contribution in [1.82, 2.24) is 15.4 Å². The van der Waals surface area contributed by atoms with Gasteiger partial charge in [-0.3, -0.25) is 0 Å². The molecule has 4 nitrogen and oxygen atoms in total. The Morgan fingerprint density at radius 3 is 3.00 bits per heavy atom. The van der Waals surface area contributed by atoms with E-state index < -0.39 is 0 Å². The highest BCUT2D eigenvalue weighted by molar-refractivity contribution is 14.1.